The quantitative estimate of drug-likeness (QED) is 0.614. The number of carbonyl (C=O) groups excluding carboxylic acids is 1. The maximum atomic E-state index is 12.0. The summed E-state index contributed by atoms with van der Waals surface area (Å²) in [4.78, 5) is 15.3. The minimum absolute atomic E-state index is 0.208. The summed E-state index contributed by atoms with van der Waals surface area (Å²) >= 11 is 3.44. The van der Waals surface area contributed by atoms with Gasteiger partial charge in [0, 0.05) is 21.1 Å². The van der Waals surface area contributed by atoms with Crippen LogP contribution in [0.1, 0.15) is 23.7 Å². The van der Waals surface area contributed by atoms with Crippen molar-refractivity contribution in [3.8, 4) is 0 Å². The highest BCUT2D eigenvalue weighted by molar-refractivity contribution is 9.10. The van der Waals surface area contributed by atoms with Crippen molar-refractivity contribution < 1.29 is 9.53 Å². The smallest absolute Gasteiger partial charge is 0.310 e. The van der Waals surface area contributed by atoms with Gasteiger partial charge in [0.25, 0.3) is 0 Å². The van der Waals surface area contributed by atoms with Gasteiger partial charge in [-0.2, -0.15) is 0 Å². The first-order valence-electron chi connectivity index (χ1n) is 7.86. The maximum absolute atomic E-state index is 12.0. The van der Waals surface area contributed by atoms with Crippen LogP contribution in [0.5, 0.6) is 0 Å². The number of esters is 1. The Hall–Kier alpha value is -2.33. The number of hydrogen-bond acceptors (Lipinski definition) is 2. The normalized spacial score (nSPS) is 11.2. The minimum atomic E-state index is -0.208. The molecule has 0 aliphatic carbocycles. The number of hydrogen-bond donors (Lipinski definition) is 1. The standard InChI is InChI=1S/C20H18BrNO2/c1-2-24-20(23)13-17-16-5-3-4-6-18(16)22-19(17)12-9-14-7-10-15(21)11-8-14/h3-12,22H,2,13H2,1H3/b12-9+. The van der Waals surface area contributed by atoms with E-state index >= 15 is 0 Å². The van der Waals surface area contributed by atoms with Crippen LogP contribution in [0, 0.1) is 0 Å². The molecule has 0 fully saturated rings. The summed E-state index contributed by atoms with van der Waals surface area (Å²) in [7, 11) is 0. The summed E-state index contributed by atoms with van der Waals surface area (Å²) in [5.74, 6) is -0.208. The minimum Gasteiger partial charge on any atom is -0.466 e. The van der Waals surface area contributed by atoms with Crippen LogP contribution in [-0.2, 0) is 16.0 Å². The number of benzene rings is 2. The molecule has 0 amide bonds. The van der Waals surface area contributed by atoms with Crippen LogP contribution >= 0.6 is 15.9 Å². The van der Waals surface area contributed by atoms with Crippen molar-refractivity contribution in [1.82, 2.24) is 4.98 Å². The highest BCUT2D eigenvalue weighted by Gasteiger charge is 2.13. The van der Waals surface area contributed by atoms with E-state index < -0.39 is 0 Å². The molecule has 1 N–H and O–H groups in total. The summed E-state index contributed by atoms with van der Waals surface area (Å²) in [6, 6.07) is 16.1. The van der Waals surface area contributed by atoms with Crippen molar-refractivity contribution in [2.75, 3.05) is 6.61 Å². The first kappa shape index (κ1) is 16.5. The Balaban J connectivity index is 1.96. The molecule has 4 heteroatoms. The number of halogens is 1. The molecule has 0 atom stereocenters. The lowest BCUT2D eigenvalue weighted by Gasteiger charge is -2.03. The van der Waals surface area contributed by atoms with E-state index in [1.165, 1.54) is 0 Å². The fraction of sp³-hybridized carbons (Fsp3) is 0.150. The average Bonchev–Trinajstić information content (AvgIpc) is 2.92. The number of nitrogens with one attached hydrogen (secondary N) is 1. The van der Waals surface area contributed by atoms with Crippen molar-refractivity contribution in [3.05, 3.63) is 69.8 Å². The molecular formula is C20H18BrNO2. The van der Waals surface area contributed by atoms with E-state index in [2.05, 4.69) is 20.9 Å². The van der Waals surface area contributed by atoms with Gasteiger partial charge in [0.2, 0.25) is 0 Å². The molecule has 0 bridgehead atoms. The second kappa shape index (κ2) is 7.49. The number of fused-ring (bicyclic) bond motifs is 1. The van der Waals surface area contributed by atoms with E-state index in [1.807, 2.05) is 67.6 Å². The monoisotopic (exact) mass is 383 g/mol. The Morgan fingerprint density at radius 2 is 1.88 bits per heavy atom. The zero-order valence-corrected chi connectivity index (χ0v) is 15.0. The highest BCUT2D eigenvalue weighted by atomic mass is 79.9. The van der Waals surface area contributed by atoms with Gasteiger partial charge in [0.15, 0.2) is 0 Å². The number of ether oxygens (including phenoxy) is 1. The van der Waals surface area contributed by atoms with Gasteiger partial charge in [-0.25, -0.2) is 0 Å². The van der Waals surface area contributed by atoms with Gasteiger partial charge in [0.1, 0.15) is 0 Å². The lowest BCUT2D eigenvalue weighted by molar-refractivity contribution is -0.142. The Morgan fingerprint density at radius 3 is 2.62 bits per heavy atom. The number of rotatable bonds is 5. The van der Waals surface area contributed by atoms with Crippen LogP contribution in [0.15, 0.2) is 53.0 Å². The molecule has 0 spiro atoms. The lowest BCUT2D eigenvalue weighted by atomic mass is 10.1. The molecule has 0 unspecified atom stereocenters. The van der Waals surface area contributed by atoms with Crippen LogP contribution in [0.4, 0.5) is 0 Å². The molecule has 0 saturated heterocycles. The largest absolute Gasteiger partial charge is 0.466 e. The highest BCUT2D eigenvalue weighted by Crippen LogP contribution is 2.25. The Morgan fingerprint density at radius 1 is 1.12 bits per heavy atom. The number of para-hydroxylation sites is 1. The van der Waals surface area contributed by atoms with Gasteiger partial charge >= 0.3 is 5.97 Å². The Kier molecular flexibility index (Phi) is 5.16. The zero-order valence-electron chi connectivity index (χ0n) is 13.4. The second-order valence-corrected chi connectivity index (χ2v) is 6.35. The molecule has 24 heavy (non-hydrogen) atoms. The predicted molar refractivity (Wildman–Crippen MR) is 102 cm³/mol. The number of aromatic nitrogens is 1. The third-order valence-electron chi connectivity index (χ3n) is 3.79. The van der Waals surface area contributed by atoms with Gasteiger partial charge in [0.05, 0.1) is 13.0 Å². The second-order valence-electron chi connectivity index (χ2n) is 5.43. The van der Waals surface area contributed by atoms with Gasteiger partial charge in [-0.05, 0) is 42.3 Å². The fourth-order valence-electron chi connectivity index (χ4n) is 2.66. The van der Waals surface area contributed by atoms with Gasteiger partial charge in [-0.3, -0.25) is 4.79 Å². The zero-order chi connectivity index (χ0) is 16.9. The first-order chi connectivity index (χ1) is 11.7. The van der Waals surface area contributed by atoms with Crippen LogP contribution in [-0.4, -0.2) is 17.6 Å². The van der Waals surface area contributed by atoms with E-state index in [0.717, 1.165) is 32.2 Å². The third kappa shape index (κ3) is 3.77. The maximum Gasteiger partial charge on any atom is 0.310 e. The molecule has 2 aromatic carbocycles. The average molecular weight is 384 g/mol. The predicted octanol–water partition coefficient (Wildman–Crippen LogP) is 5.21. The molecule has 1 aromatic heterocycles. The van der Waals surface area contributed by atoms with Crippen molar-refractivity contribution in [1.29, 1.82) is 0 Å². The summed E-state index contributed by atoms with van der Waals surface area (Å²) in [5.41, 5.74) is 4.02. The van der Waals surface area contributed by atoms with Gasteiger partial charge in [-0.1, -0.05) is 52.3 Å². The van der Waals surface area contributed by atoms with Crippen LogP contribution < -0.4 is 0 Å². The molecule has 0 aliphatic heterocycles. The molecule has 3 nitrogen and oxygen atoms in total. The Labute approximate surface area is 149 Å². The number of carbonyl (C=O) groups is 1. The summed E-state index contributed by atoms with van der Waals surface area (Å²) < 4.78 is 6.16. The van der Waals surface area contributed by atoms with Crippen LogP contribution in [0.3, 0.4) is 0 Å². The molecular weight excluding hydrogens is 366 g/mol. The van der Waals surface area contributed by atoms with Crippen LogP contribution in [0.25, 0.3) is 23.1 Å². The van der Waals surface area contributed by atoms with Crippen molar-refractivity contribution in [3.63, 3.8) is 0 Å². The van der Waals surface area contributed by atoms with Crippen molar-refractivity contribution >= 4 is 45.0 Å². The van der Waals surface area contributed by atoms with E-state index in [-0.39, 0.29) is 12.4 Å². The van der Waals surface area contributed by atoms with Crippen LogP contribution in [0.2, 0.25) is 0 Å². The van der Waals surface area contributed by atoms with Crippen molar-refractivity contribution in [2.24, 2.45) is 0 Å². The number of aromatic amines is 1. The fourth-order valence-corrected chi connectivity index (χ4v) is 2.93. The molecule has 122 valence electrons. The SMILES string of the molecule is CCOC(=O)Cc1c(/C=C/c2ccc(Br)cc2)[nH]c2ccccc12. The topological polar surface area (TPSA) is 42.1 Å². The summed E-state index contributed by atoms with van der Waals surface area (Å²) in [6.07, 6.45) is 4.31. The first-order valence-corrected chi connectivity index (χ1v) is 8.65. The van der Waals surface area contributed by atoms with E-state index in [4.69, 9.17) is 4.74 Å². The van der Waals surface area contributed by atoms with Crippen molar-refractivity contribution in [2.45, 2.75) is 13.3 Å². The van der Waals surface area contributed by atoms with E-state index in [1.54, 1.807) is 0 Å². The van der Waals surface area contributed by atoms with Gasteiger partial charge < -0.3 is 9.72 Å². The van der Waals surface area contributed by atoms with E-state index in [9.17, 15) is 4.79 Å². The molecule has 3 rings (SSSR count). The molecule has 3 aromatic rings. The molecule has 0 saturated carbocycles. The summed E-state index contributed by atoms with van der Waals surface area (Å²) in [6.45, 7) is 2.22. The summed E-state index contributed by atoms with van der Waals surface area (Å²) in [5, 5.41) is 1.06. The lowest BCUT2D eigenvalue weighted by Crippen LogP contribution is -2.07. The number of H-pyrrole nitrogens is 1. The molecule has 0 aliphatic rings. The molecule has 0 radical (unpaired) electrons. The van der Waals surface area contributed by atoms with E-state index in [0.29, 0.717) is 6.61 Å². The molecule has 1 heterocycles. The van der Waals surface area contributed by atoms with Gasteiger partial charge in [-0.15, -0.1) is 0 Å². The Bertz CT molecular complexity index is 878. The third-order valence-corrected chi connectivity index (χ3v) is 4.31.